The third-order valence-electron chi connectivity index (χ3n) is 3.76. The summed E-state index contributed by atoms with van der Waals surface area (Å²) in [6.45, 7) is 6.18. The molecular formula is C14H22BrN3O4. The predicted octanol–water partition coefficient (Wildman–Crippen LogP) is 2.55. The van der Waals surface area contributed by atoms with Crippen LogP contribution in [-0.4, -0.2) is 50.8 Å². The van der Waals surface area contributed by atoms with E-state index >= 15 is 0 Å². The van der Waals surface area contributed by atoms with Crippen molar-refractivity contribution < 1.29 is 14.9 Å². The highest BCUT2D eigenvalue weighted by molar-refractivity contribution is 9.09. The fourth-order valence-corrected chi connectivity index (χ4v) is 3.13. The van der Waals surface area contributed by atoms with Crippen molar-refractivity contribution in [3.05, 3.63) is 33.8 Å². The number of nitro groups is 1. The van der Waals surface area contributed by atoms with Crippen molar-refractivity contribution in [1.82, 2.24) is 9.96 Å². The SMILES string of the molecule is CC(C)CN(C1=CN(O)C(Br)C=C1[N+](=O)[O-])C1CCOCC1. The second-order valence-electron chi connectivity index (χ2n) is 5.97. The van der Waals surface area contributed by atoms with Crippen molar-refractivity contribution in [2.45, 2.75) is 37.7 Å². The number of alkyl halides is 1. The van der Waals surface area contributed by atoms with E-state index in [1.807, 2.05) is 4.90 Å². The van der Waals surface area contributed by atoms with E-state index in [0.717, 1.165) is 17.9 Å². The average molecular weight is 376 g/mol. The van der Waals surface area contributed by atoms with Gasteiger partial charge in [-0.25, -0.2) is 5.06 Å². The van der Waals surface area contributed by atoms with E-state index in [0.29, 0.717) is 31.4 Å². The number of rotatable bonds is 5. The van der Waals surface area contributed by atoms with Gasteiger partial charge in [0, 0.05) is 31.9 Å². The zero-order valence-corrected chi connectivity index (χ0v) is 14.4. The van der Waals surface area contributed by atoms with E-state index in [9.17, 15) is 15.3 Å². The van der Waals surface area contributed by atoms with Gasteiger partial charge in [-0.2, -0.15) is 0 Å². The lowest BCUT2D eigenvalue weighted by atomic mass is 10.0. The first-order valence-electron chi connectivity index (χ1n) is 7.44. The molecule has 0 aromatic carbocycles. The molecule has 2 heterocycles. The Morgan fingerprint density at radius 3 is 2.73 bits per heavy atom. The fourth-order valence-electron chi connectivity index (χ4n) is 2.76. The van der Waals surface area contributed by atoms with E-state index in [-0.39, 0.29) is 16.7 Å². The number of ether oxygens (including phenoxy) is 1. The molecule has 0 bridgehead atoms. The second-order valence-corrected chi connectivity index (χ2v) is 6.90. The van der Waals surface area contributed by atoms with Gasteiger partial charge in [-0.1, -0.05) is 29.8 Å². The molecule has 8 heteroatoms. The van der Waals surface area contributed by atoms with E-state index < -0.39 is 4.95 Å². The van der Waals surface area contributed by atoms with Gasteiger partial charge in [0.2, 0.25) is 0 Å². The fraction of sp³-hybridized carbons (Fsp3) is 0.714. The van der Waals surface area contributed by atoms with Gasteiger partial charge in [-0.3, -0.25) is 15.3 Å². The molecule has 7 nitrogen and oxygen atoms in total. The van der Waals surface area contributed by atoms with Crippen LogP contribution in [0.2, 0.25) is 0 Å². The van der Waals surface area contributed by atoms with Crippen LogP contribution in [0.4, 0.5) is 0 Å². The zero-order chi connectivity index (χ0) is 16.3. The highest BCUT2D eigenvalue weighted by Crippen LogP contribution is 2.30. The molecule has 2 rings (SSSR count). The summed E-state index contributed by atoms with van der Waals surface area (Å²) in [4.78, 5) is 12.5. The molecule has 1 fully saturated rings. The molecule has 0 aromatic heterocycles. The van der Waals surface area contributed by atoms with E-state index in [4.69, 9.17) is 4.74 Å². The smallest absolute Gasteiger partial charge is 0.293 e. The average Bonchev–Trinajstić information content (AvgIpc) is 2.48. The highest BCUT2D eigenvalue weighted by atomic mass is 79.9. The quantitative estimate of drug-likeness (QED) is 0.344. The first-order valence-corrected chi connectivity index (χ1v) is 8.35. The summed E-state index contributed by atoms with van der Waals surface area (Å²) < 4.78 is 5.39. The lowest BCUT2D eigenvalue weighted by Gasteiger charge is -2.39. The topological polar surface area (TPSA) is 79.1 Å². The maximum Gasteiger partial charge on any atom is 0.293 e. The van der Waals surface area contributed by atoms with Crippen molar-refractivity contribution in [1.29, 1.82) is 0 Å². The van der Waals surface area contributed by atoms with Gasteiger partial charge in [-0.05, 0) is 18.8 Å². The third-order valence-corrected chi connectivity index (χ3v) is 4.45. The Balaban J connectivity index is 2.33. The zero-order valence-electron chi connectivity index (χ0n) is 12.8. The summed E-state index contributed by atoms with van der Waals surface area (Å²) in [5.74, 6) is 0.352. The van der Waals surface area contributed by atoms with Crippen LogP contribution in [0.25, 0.3) is 0 Å². The molecule has 2 aliphatic heterocycles. The Kier molecular flexibility index (Phi) is 5.82. The minimum absolute atomic E-state index is 0.0271. The summed E-state index contributed by atoms with van der Waals surface area (Å²) >= 11 is 3.20. The Morgan fingerprint density at radius 1 is 1.55 bits per heavy atom. The molecule has 124 valence electrons. The van der Waals surface area contributed by atoms with Crippen LogP contribution in [-0.2, 0) is 4.74 Å². The Bertz CT molecular complexity index is 475. The standard InChI is InChI=1S/C14H22BrN3O4/c1-10(2)8-16(11-3-5-22-6-4-11)13-9-17(19)14(15)7-12(13)18(20)21/h7,9-11,14,19H,3-6,8H2,1-2H3. The minimum atomic E-state index is -0.591. The number of hydrogen-bond donors (Lipinski definition) is 1. The van der Waals surface area contributed by atoms with Gasteiger partial charge in [-0.15, -0.1) is 0 Å². The van der Waals surface area contributed by atoms with Crippen LogP contribution >= 0.6 is 15.9 Å². The van der Waals surface area contributed by atoms with Crippen LogP contribution in [0.5, 0.6) is 0 Å². The molecule has 0 radical (unpaired) electrons. The molecule has 1 N–H and O–H groups in total. The van der Waals surface area contributed by atoms with Crippen molar-refractivity contribution in [2.75, 3.05) is 19.8 Å². The number of nitrogens with zero attached hydrogens (tertiary/aromatic N) is 3. The van der Waals surface area contributed by atoms with E-state index in [1.165, 1.54) is 12.3 Å². The number of hydrogen-bond acceptors (Lipinski definition) is 6. The number of halogens is 1. The monoisotopic (exact) mass is 375 g/mol. The van der Waals surface area contributed by atoms with Gasteiger partial charge < -0.3 is 9.64 Å². The first kappa shape index (κ1) is 17.2. The van der Waals surface area contributed by atoms with Crippen molar-refractivity contribution in [3.63, 3.8) is 0 Å². The van der Waals surface area contributed by atoms with Gasteiger partial charge in [0.05, 0.1) is 11.1 Å². The number of hydroxylamine groups is 2. The van der Waals surface area contributed by atoms with Crippen LogP contribution in [0.1, 0.15) is 26.7 Å². The van der Waals surface area contributed by atoms with Crippen molar-refractivity contribution in [3.8, 4) is 0 Å². The lowest BCUT2D eigenvalue weighted by Crippen LogP contribution is -2.44. The van der Waals surface area contributed by atoms with E-state index in [2.05, 4.69) is 29.8 Å². The summed E-state index contributed by atoms with van der Waals surface area (Å²) in [6, 6.07) is 0.186. The Hall–Kier alpha value is -1.12. The van der Waals surface area contributed by atoms with Gasteiger partial charge in [0.15, 0.2) is 0 Å². The lowest BCUT2D eigenvalue weighted by molar-refractivity contribution is -0.424. The molecule has 0 saturated carbocycles. The maximum absolute atomic E-state index is 11.4. The molecule has 0 aromatic rings. The van der Waals surface area contributed by atoms with Crippen LogP contribution in [0, 0.1) is 16.0 Å². The van der Waals surface area contributed by atoms with Gasteiger partial charge in [0.1, 0.15) is 10.6 Å². The Labute approximate surface area is 138 Å². The molecule has 0 spiro atoms. The predicted molar refractivity (Wildman–Crippen MR) is 84.9 cm³/mol. The normalized spacial score (nSPS) is 23.3. The second kappa shape index (κ2) is 7.43. The molecule has 1 unspecified atom stereocenters. The molecule has 2 aliphatic rings. The van der Waals surface area contributed by atoms with Crippen LogP contribution in [0.3, 0.4) is 0 Å². The largest absolute Gasteiger partial charge is 0.381 e. The summed E-state index contributed by atoms with van der Waals surface area (Å²) in [7, 11) is 0. The molecule has 22 heavy (non-hydrogen) atoms. The summed E-state index contributed by atoms with van der Waals surface area (Å²) in [6.07, 6.45) is 4.52. The molecule has 0 amide bonds. The molecular weight excluding hydrogens is 354 g/mol. The molecule has 1 saturated heterocycles. The first-order chi connectivity index (χ1) is 10.4. The van der Waals surface area contributed by atoms with Crippen molar-refractivity contribution in [2.24, 2.45) is 5.92 Å². The maximum atomic E-state index is 11.4. The summed E-state index contributed by atoms with van der Waals surface area (Å²) in [5.41, 5.74) is 0.489. The molecule has 1 atom stereocenters. The van der Waals surface area contributed by atoms with Crippen LogP contribution in [0.15, 0.2) is 23.7 Å². The van der Waals surface area contributed by atoms with Crippen LogP contribution < -0.4 is 0 Å². The van der Waals surface area contributed by atoms with Crippen molar-refractivity contribution >= 4 is 15.9 Å². The Morgan fingerprint density at radius 2 is 2.18 bits per heavy atom. The summed E-state index contributed by atoms with van der Waals surface area (Å²) in [5, 5.41) is 22.3. The van der Waals surface area contributed by atoms with Gasteiger partial charge >= 0.3 is 0 Å². The molecule has 0 aliphatic carbocycles. The van der Waals surface area contributed by atoms with Gasteiger partial charge in [0.25, 0.3) is 5.70 Å². The minimum Gasteiger partial charge on any atom is -0.381 e. The third kappa shape index (κ3) is 3.99. The van der Waals surface area contributed by atoms with E-state index in [1.54, 1.807) is 0 Å². The highest BCUT2D eigenvalue weighted by Gasteiger charge is 2.34.